The molecule has 0 saturated carbocycles. The van der Waals surface area contributed by atoms with E-state index in [1.807, 2.05) is 18.2 Å². The van der Waals surface area contributed by atoms with Gasteiger partial charge in [0.15, 0.2) is 11.5 Å². The summed E-state index contributed by atoms with van der Waals surface area (Å²) < 4.78 is 11.1. The lowest BCUT2D eigenvalue weighted by atomic mass is 9.87. The third-order valence-corrected chi connectivity index (χ3v) is 5.32. The smallest absolute Gasteiger partial charge is 0.231 e. The normalized spacial score (nSPS) is 19.3. The highest BCUT2D eigenvalue weighted by molar-refractivity contribution is 6.33. The monoisotopic (exact) mass is 357 g/mol. The number of halogens is 1. The zero-order chi connectivity index (χ0) is 17.4. The Balaban J connectivity index is 1.84. The van der Waals surface area contributed by atoms with Crippen LogP contribution >= 0.6 is 11.6 Å². The van der Waals surface area contributed by atoms with Crippen LogP contribution in [0.5, 0.6) is 17.2 Å². The van der Waals surface area contributed by atoms with E-state index in [1.165, 1.54) is 5.56 Å². The Bertz CT molecular complexity index is 804. The molecule has 2 heterocycles. The van der Waals surface area contributed by atoms with Crippen LogP contribution in [-0.4, -0.2) is 36.4 Å². The Morgan fingerprint density at radius 1 is 1.28 bits per heavy atom. The van der Waals surface area contributed by atoms with E-state index >= 15 is 0 Å². The first-order valence-corrected chi connectivity index (χ1v) is 8.78. The lowest BCUT2D eigenvalue weighted by Crippen LogP contribution is -2.28. The van der Waals surface area contributed by atoms with Crippen molar-refractivity contribution in [3.63, 3.8) is 0 Å². The molecular weight excluding hydrogens is 338 g/mol. The minimum absolute atomic E-state index is 0.144. The van der Waals surface area contributed by atoms with Crippen molar-refractivity contribution in [1.29, 1.82) is 0 Å². The summed E-state index contributed by atoms with van der Waals surface area (Å²) in [4.78, 5) is 2.37. The van der Waals surface area contributed by atoms with E-state index in [-0.39, 0.29) is 18.5 Å². The molecule has 25 heavy (non-hydrogen) atoms. The van der Waals surface area contributed by atoms with Crippen LogP contribution in [0.1, 0.15) is 22.6 Å². The molecule has 0 aromatic heterocycles. The summed E-state index contributed by atoms with van der Waals surface area (Å²) in [5.74, 6) is 1.78. The van der Waals surface area contributed by atoms with Crippen LogP contribution in [0.15, 0.2) is 43.0 Å². The number of aromatic hydroxyl groups is 1. The summed E-state index contributed by atoms with van der Waals surface area (Å²) >= 11 is 6.66. The molecule has 130 valence electrons. The van der Waals surface area contributed by atoms with Crippen molar-refractivity contribution in [2.75, 3.05) is 26.4 Å². The SMILES string of the molecule is C=CCN1CCc2c(cc3c(c2Cl)OCO3)C(c2ccc(O)cc2)C1. The summed E-state index contributed by atoms with van der Waals surface area (Å²) in [5, 5.41) is 10.3. The molecule has 0 amide bonds. The molecule has 1 atom stereocenters. The van der Waals surface area contributed by atoms with Gasteiger partial charge in [-0.3, -0.25) is 4.90 Å². The maximum absolute atomic E-state index is 9.63. The molecule has 2 aliphatic heterocycles. The van der Waals surface area contributed by atoms with Gasteiger partial charge in [-0.15, -0.1) is 6.58 Å². The number of phenolic OH excluding ortho intramolecular Hbond substituents is 1. The Morgan fingerprint density at radius 3 is 2.84 bits per heavy atom. The fourth-order valence-corrected chi connectivity index (χ4v) is 4.03. The van der Waals surface area contributed by atoms with Gasteiger partial charge >= 0.3 is 0 Å². The van der Waals surface area contributed by atoms with E-state index in [4.69, 9.17) is 21.1 Å². The van der Waals surface area contributed by atoms with Crippen molar-refractivity contribution in [2.24, 2.45) is 0 Å². The third-order valence-electron chi connectivity index (χ3n) is 4.92. The Kier molecular flexibility index (Phi) is 4.32. The fraction of sp³-hybridized carbons (Fsp3) is 0.300. The molecule has 1 unspecified atom stereocenters. The first kappa shape index (κ1) is 16.3. The van der Waals surface area contributed by atoms with Gasteiger partial charge in [0.1, 0.15) is 5.75 Å². The predicted molar refractivity (Wildman–Crippen MR) is 97.9 cm³/mol. The highest BCUT2D eigenvalue weighted by Gasteiger charge is 2.30. The quantitative estimate of drug-likeness (QED) is 0.844. The minimum Gasteiger partial charge on any atom is -0.508 e. The topological polar surface area (TPSA) is 41.9 Å². The second-order valence-corrected chi connectivity index (χ2v) is 6.81. The fourth-order valence-electron chi connectivity index (χ4n) is 3.68. The molecule has 0 aliphatic carbocycles. The van der Waals surface area contributed by atoms with E-state index in [1.54, 1.807) is 12.1 Å². The van der Waals surface area contributed by atoms with Gasteiger partial charge in [-0.25, -0.2) is 0 Å². The molecule has 4 nitrogen and oxygen atoms in total. The van der Waals surface area contributed by atoms with Crippen molar-refractivity contribution in [3.8, 4) is 17.2 Å². The molecule has 0 saturated heterocycles. The zero-order valence-electron chi connectivity index (χ0n) is 13.9. The molecule has 0 radical (unpaired) electrons. The lowest BCUT2D eigenvalue weighted by Gasteiger charge is -2.24. The second kappa shape index (κ2) is 6.62. The highest BCUT2D eigenvalue weighted by atomic mass is 35.5. The molecule has 2 aliphatic rings. The summed E-state index contributed by atoms with van der Waals surface area (Å²) in [5.41, 5.74) is 3.44. The van der Waals surface area contributed by atoms with Crippen LogP contribution in [0.3, 0.4) is 0 Å². The third kappa shape index (κ3) is 2.96. The van der Waals surface area contributed by atoms with E-state index in [0.29, 0.717) is 16.5 Å². The Morgan fingerprint density at radius 2 is 2.08 bits per heavy atom. The molecule has 0 bridgehead atoms. The van der Waals surface area contributed by atoms with Crippen molar-refractivity contribution < 1.29 is 14.6 Å². The lowest BCUT2D eigenvalue weighted by molar-refractivity contribution is 0.174. The summed E-state index contributed by atoms with van der Waals surface area (Å²) in [6.07, 6.45) is 2.78. The molecule has 2 aromatic carbocycles. The van der Waals surface area contributed by atoms with Crippen LogP contribution in [0, 0.1) is 0 Å². The summed E-state index contributed by atoms with van der Waals surface area (Å²) in [6.45, 7) is 6.68. The maximum atomic E-state index is 9.63. The van der Waals surface area contributed by atoms with Crippen LogP contribution < -0.4 is 9.47 Å². The van der Waals surface area contributed by atoms with Crippen LogP contribution in [0.25, 0.3) is 0 Å². The van der Waals surface area contributed by atoms with Gasteiger partial charge < -0.3 is 14.6 Å². The number of ether oxygens (including phenoxy) is 2. The van der Waals surface area contributed by atoms with Gasteiger partial charge in [0.25, 0.3) is 0 Å². The number of benzene rings is 2. The van der Waals surface area contributed by atoms with Gasteiger partial charge in [-0.05, 0) is 41.3 Å². The van der Waals surface area contributed by atoms with Crippen LogP contribution in [0.4, 0.5) is 0 Å². The van der Waals surface area contributed by atoms with Crippen molar-refractivity contribution in [3.05, 3.63) is 64.7 Å². The van der Waals surface area contributed by atoms with Crippen LogP contribution in [0.2, 0.25) is 5.02 Å². The van der Waals surface area contributed by atoms with Gasteiger partial charge in [0, 0.05) is 25.6 Å². The molecular formula is C20H20ClNO3. The molecule has 1 N–H and O–H groups in total. The predicted octanol–water partition coefficient (Wildman–Crippen LogP) is 3.95. The maximum Gasteiger partial charge on any atom is 0.231 e. The standard InChI is InChI=1S/C20H20ClNO3/c1-2-8-22-9-7-15-16(10-18-20(19(15)21)25-12-24-18)17(11-22)13-3-5-14(23)6-4-13/h2-6,10,17,23H,1,7-9,11-12H2. The van der Waals surface area contributed by atoms with E-state index in [9.17, 15) is 5.11 Å². The second-order valence-electron chi connectivity index (χ2n) is 6.43. The zero-order valence-corrected chi connectivity index (χ0v) is 14.6. The summed E-state index contributed by atoms with van der Waals surface area (Å²) in [7, 11) is 0. The Hall–Kier alpha value is -2.17. The minimum atomic E-state index is 0.144. The summed E-state index contributed by atoms with van der Waals surface area (Å²) in [6, 6.07) is 9.47. The van der Waals surface area contributed by atoms with Crippen molar-refractivity contribution >= 4 is 11.6 Å². The largest absolute Gasteiger partial charge is 0.508 e. The molecule has 4 rings (SSSR count). The number of fused-ring (bicyclic) bond motifs is 2. The van der Waals surface area contributed by atoms with E-state index < -0.39 is 0 Å². The van der Waals surface area contributed by atoms with Gasteiger partial charge in [-0.1, -0.05) is 29.8 Å². The first-order chi connectivity index (χ1) is 12.2. The van der Waals surface area contributed by atoms with Crippen molar-refractivity contribution in [1.82, 2.24) is 4.90 Å². The van der Waals surface area contributed by atoms with Gasteiger partial charge in [0.2, 0.25) is 6.79 Å². The number of hydrogen-bond acceptors (Lipinski definition) is 4. The molecule has 2 aromatic rings. The molecule has 0 spiro atoms. The van der Waals surface area contributed by atoms with Crippen LogP contribution in [-0.2, 0) is 6.42 Å². The van der Waals surface area contributed by atoms with E-state index in [2.05, 4.69) is 17.5 Å². The number of hydrogen-bond donors (Lipinski definition) is 1. The molecule has 0 fully saturated rings. The number of nitrogens with zero attached hydrogens (tertiary/aromatic N) is 1. The average Bonchev–Trinajstić information content (AvgIpc) is 3.00. The van der Waals surface area contributed by atoms with Gasteiger partial charge in [-0.2, -0.15) is 0 Å². The average molecular weight is 358 g/mol. The Labute approximate surface area is 152 Å². The number of phenols is 1. The van der Waals surface area contributed by atoms with Crippen molar-refractivity contribution in [2.45, 2.75) is 12.3 Å². The first-order valence-electron chi connectivity index (χ1n) is 8.40. The number of rotatable bonds is 3. The highest BCUT2D eigenvalue weighted by Crippen LogP contribution is 2.46. The van der Waals surface area contributed by atoms with Gasteiger partial charge in [0.05, 0.1) is 5.02 Å². The molecule has 5 heteroatoms. The van der Waals surface area contributed by atoms with E-state index in [0.717, 1.165) is 37.2 Å².